The molecule has 0 saturated carbocycles. The van der Waals surface area contributed by atoms with Crippen molar-refractivity contribution in [1.29, 1.82) is 0 Å². The van der Waals surface area contributed by atoms with Gasteiger partial charge in [-0.3, -0.25) is 0 Å². The predicted molar refractivity (Wildman–Crippen MR) is 76.7 cm³/mol. The highest BCUT2D eigenvalue weighted by Gasteiger charge is 2.26. The van der Waals surface area contributed by atoms with Gasteiger partial charge in [0.05, 0.1) is 11.4 Å². The normalized spacial score (nSPS) is 20.8. The maximum atomic E-state index is 13.5. The molecule has 1 unspecified atom stereocenters. The van der Waals surface area contributed by atoms with Gasteiger partial charge in [0.1, 0.15) is 11.4 Å². The molecule has 0 spiro atoms. The number of carbonyl (C=O) groups is 1. The molecule has 20 heavy (non-hydrogen) atoms. The first-order valence-corrected chi connectivity index (χ1v) is 6.68. The number of rotatable bonds is 2. The first-order valence-electron chi connectivity index (χ1n) is 6.68. The minimum absolute atomic E-state index is 0.138. The van der Waals surface area contributed by atoms with E-state index in [1.165, 1.54) is 12.1 Å². The van der Waals surface area contributed by atoms with Crippen LogP contribution in [0.15, 0.2) is 12.1 Å². The SMILES string of the molecule is CC1CN(C)CCCN1c1ccc(F)c(N)c1C(=O)O. The summed E-state index contributed by atoms with van der Waals surface area (Å²) in [5.41, 5.74) is 5.68. The van der Waals surface area contributed by atoms with Gasteiger partial charge in [0.15, 0.2) is 0 Å². The number of hydrogen-bond acceptors (Lipinski definition) is 4. The Kier molecular flexibility index (Phi) is 4.13. The number of carboxylic acids is 1. The zero-order valence-corrected chi connectivity index (χ0v) is 11.8. The first kappa shape index (κ1) is 14.6. The summed E-state index contributed by atoms with van der Waals surface area (Å²) in [4.78, 5) is 15.6. The van der Waals surface area contributed by atoms with E-state index in [2.05, 4.69) is 4.90 Å². The van der Waals surface area contributed by atoms with E-state index in [1.54, 1.807) is 0 Å². The highest BCUT2D eigenvalue weighted by atomic mass is 19.1. The largest absolute Gasteiger partial charge is 0.478 e. The van der Waals surface area contributed by atoms with Crippen LogP contribution in [0.3, 0.4) is 0 Å². The number of likely N-dealkylation sites (N-methyl/N-ethyl adjacent to an activating group) is 1. The van der Waals surface area contributed by atoms with Crippen molar-refractivity contribution in [2.24, 2.45) is 0 Å². The van der Waals surface area contributed by atoms with Crippen molar-refractivity contribution in [3.05, 3.63) is 23.5 Å². The molecule has 0 bridgehead atoms. The van der Waals surface area contributed by atoms with Crippen LogP contribution in [0, 0.1) is 5.82 Å². The van der Waals surface area contributed by atoms with Gasteiger partial charge in [-0.05, 0) is 39.1 Å². The molecule has 1 aliphatic heterocycles. The van der Waals surface area contributed by atoms with Crippen LogP contribution >= 0.6 is 0 Å². The van der Waals surface area contributed by atoms with Crippen LogP contribution in [0.2, 0.25) is 0 Å². The third-order valence-electron chi connectivity index (χ3n) is 3.74. The van der Waals surface area contributed by atoms with E-state index in [1.807, 2.05) is 18.9 Å². The van der Waals surface area contributed by atoms with Crippen LogP contribution in [-0.2, 0) is 0 Å². The Balaban J connectivity index is 2.46. The van der Waals surface area contributed by atoms with Gasteiger partial charge in [-0.15, -0.1) is 0 Å². The van der Waals surface area contributed by atoms with E-state index in [0.717, 1.165) is 26.1 Å². The second-order valence-corrected chi connectivity index (χ2v) is 5.32. The third kappa shape index (κ3) is 2.70. The third-order valence-corrected chi connectivity index (χ3v) is 3.74. The van der Waals surface area contributed by atoms with Crippen molar-refractivity contribution in [3.8, 4) is 0 Å². The minimum Gasteiger partial charge on any atom is -0.478 e. The van der Waals surface area contributed by atoms with Crippen LogP contribution in [0.1, 0.15) is 23.7 Å². The first-order chi connectivity index (χ1) is 9.41. The lowest BCUT2D eigenvalue weighted by atomic mass is 10.1. The molecule has 110 valence electrons. The number of hydrogen-bond donors (Lipinski definition) is 2. The summed E-state index contributed by atoms with van der Waals surface area (Å²) in [5.74, 6) is -1.88. The molecule has 1 aliphatic rings. The van der Waals surface area contributed by atoms with E-state index in [-0.39, 0.29) is 17.3 Å². The van der Waals surface area contributed by atoms with Crippen molar-refractivity contribution < 1.29 is 14.3 Å². The van der Waals surface area contributed by atoms with E-state index in [0.29, 0.717) is 5.69 Å². The molecular formula is C14H20FN3O2. The van der Waals surface area contributed by atoms with Gasteiger partial charge in [0, 0.05) is 19.1 Å². The summed E-state index contributed by atoms with van der Waals surface area (Å²) in [5, 5.41) is 9.33. The number of nitrogens with zero attached hydrogens (tertiary/aromatic N) is 2. The van der Waals surface area contributed by atoms with Gasteiger partial charge in [-0.2, -0.15) is 0 Å². The van der Waals surface area contributed by atoms with Crippen LogP contribution < -0.4 is 10.6 Å². The average Bonchev–Trinajstić information content (AvgIpc) is 2.53. The second-order valence-electron chi connectivity index (χ2n) is 5.32. The average molecular weight is 281 g/mol. The highest BCUT2D eigenvalue weighted by Crippen LogP contribution is 2.30. The summed E-state index contributed by atoms with van der Waals surface area (Å²) in [7, 11) is 2.04. The molecule has 5 nitrogen and oxygen atoms in total. The van der Waals surface area contributed by atoms with Gasteiger partial charge in [-0.25, -0.2) is 9.18 Å². The van der Waals surface area contributed by atoms with E-state index < -0.39 is 11.8 Å². The lowest BCUT2D eigenvalue weighted by Crippen LogP contribution is -2.38. The van der Waals surface area contributed by atoms with Crippen molar-refractivity contribution in [2.75, 3.05) is 37.3 Å². The molecule has 0 radical (unpaired) electrons. The molecule has 0 aliphatic carbocycles. The Hall–Kier alpha value is -1.82. The fraction of sp³-hybridized carbons (Fsp3) is 0.500. The van der Waals surface area contributed by atoms with Crippen LogP contribution in [0.4, 0.5) is 15.8 Å². The lowest BCUT2D eigenvalue weighted by Gasteiger charge is -2.31. The zero-order chi connectivity index (χ0) is 14.9. The molecule has 1 atom stereocenters. The topological polar surface area (TPSA) is 69.8 Å². The van der Waals surface area contributed by atoms with Gasteiger partial charge >= 0.3 is 5.97 Å². The van der Waals surface area contributed by atoms with Crippen LogP contribution in [0.25, 0.3) is 0 Å². The molecule has 1 aromatic rings. The Morgan fingerprint density at radius 1 is 1.45 bits per heavy atom. The quantitative estimate of drug-likeness (QED) is 0.806. The maximum Gasteiger partial charge on any atom is 0.340 e. The zero-order valence-electron chi connectivity index (χ0n) is 11.8. The number of benzene rings is 1. The summed E-state index contributed by atoms with van der Waals surface area (Å²) < 4.78 is 13.5. The van der Waals surface area contributed by atoms with E-state index >= 15 is 0 Å². The fourth-order valence-electron chi connectivity index (χ4n) is 2.78. The Bertz CT molecular complexity index is 521. The number of aromatic carboxylic acids is 1. The molecule has 1 heterocycles. The highest BCUT2D eigenvalue weighted by molar-refractivity contribution is 6.00. The second kappa shape index (κ2) is 5.66. The smallest absolute Gasteiger partial charge is 0.340 e. The molecular weight excluding hydrogens is 261 g/mol. The number of carboxylic acid groups (broad SMARTS) is 1. The lowest BCUT2D eigenvalue weighted by molar-refractivity contribution is 0.0698. The summed E-state index contributed by atoms with van der Waals surface area (Å²) in [6.45, 7) is 4.56. The maximum absolute atomic E-state index is 13.5. The molecule has 1 aromatic carbocycles. The van der Waals surface area contributed by atoms with Gasteiger partial charge in [0.2, 0.25) is 0 Å². The van der Waals surface area contributed by atoms with Crippen molar-refractivity contribution in [1.82, 2.24) is 4.90 Å². The predicted octanol–water partition coefficient (Wildman–Crippen LogP) is 1.64. The molecule has 2 rings (SSSR count). The number of nitrogens with two attached hydrogens (primary N) is 1. The molecule has 6 heteroatoms. The summed E-state index contributed by atoms with van der Waals surface area (Å²) in [6.07, 6.45) is 0.928. The van der Waals surface area contributed by atoms with E-state index in [9.17, 15) is 14.3 Å². The Labute approximate surface area is 117 Å². The minimum atomic E-state index is -1.19. The standard InChI is InChI=1S/C14H20FN3O2/c1-9-8-17(2)6-3-7-18(9)11-5-4-10(15)13(16)12(11)14(19)20/h4-5,9H,3,6-8,16H2,1-2H3,(H,19,20). The van der Waals surface area contributed by atoms with E-state index in [4.69, 9.17) is 5.73 Å². The number of halogens is 1. The van der Waals surface area contributed by atoms with Gasteiger partial charge in [0.25, 0.3) is 0 Å². The molecule has 0 amide bonds. The Morgan fingerprint density at radius 3 is 2.80 bits per heavy atom. The summed E-state index contributed by atoms with van der Waals surface area (Å²) in [6, 6.07) is 2.89. The molecule has 3 N–H and O–H groups in total. The van der Waals surface area contributed by atoms with Gasteiger partial charge < -0.3 is 20.6 Å². The van der Waals surface area contributed by atoms with Crippen molar-refractivity contribution >= 4 is 17.3 Å². The number of anilines is 2. The van der Waals surface area contributed by atoms with Gasteiger partial charge in [-0.1, -0.05) is 0 Å². The molecule has 1 saturated heterocycles. The number of nitrogen functional groups attached to an aromatic ring is 1. The fourth-order valence-corrected chi connectivity index (χ4v) is 2.78. The van der Waals surface area contributed by atoms with Crippen LogP contribution in [0.5, 0.6) is 0 Å². The van der Waals surface area contributed by atoms with Crippen LogP contribution in [-0.4, -0.2) is 48.7 Å². The monoisotopic (exact) mass is 281 g/mol. The van der Waals surface area contributed by atoms with Crippen molar-refractivity contribution in [3.63, 3.8) is 0 Å². The summed E-state index contributed by atoms with van der Waals surface area (Å²) >= 11 is 0. The molecule has 0 aromatic heterocycles. The van der Waals surface area contributed by atoms with Crippen molar-refractivity contribution in [2.45, 2.75) is 19.4 Å². The molecule has 1 fully saturated rings. The Morgan fingerprint density at radius 2 is 2.15 bits per heavy atom.